The van der Waals surface area contributed by atoms with Crippen LogP contribution in [0.15, 0.2) is 45.7 Å². The molecule has 3 aromatic heterocycles. The van der Waals surface area contributed by atoms with E-state index in [0.29, 0.717) is 20.5 Å². The molecular formula is C20H17N5O3S3. The summed E-state index contributed by atoms with van der Waals surface area (Å²) in [4.78, 5) is 33.0. The van der Waals surface area contributed by atoms with Gasteiger partial charge in [-0.1, -0.05) is 53.4 Å². The summed E-state index contributed by atoms with van der Waals surface area (Å²) in [6, 6.07) is 9.73. The summed E-state index contributed by atoms with van der Waals surface area (Å²) in [5.74, 6) is -0.140. The van der Waals surface area contributed by atoms with Crippen LogP contribution >= 0.6 is 34.4 Å². The number of H-pyrrole nitrogens is 1. The summed E-state index contributed by atoms with van der Waals surface area (Å²) in [6.07, 6.45) is 1.91. The Hall–Kier alpha value is -2.60. The number of carbonyl (C=O) groups is 1. The van der Waals surface area contributed by atoms with Crippen LogP contribution in [0.1, 0.15) is 24.0 Å². The molecule has 31 heavy (non-hydrogen) atoms. The zero-order chi connectivity index (χ0) is 21.2. The summed E-state index contributed by atoms with van der Waals surface area (Å²) in [5, 5.41) is 15.0. The quantitative estimate of drug-likeness (QED) is 0.322. The summed E-state index contributed by atoms with van der Waals surface area (Å²) in [6.45, 7) is 0.731. The van der Waals surface area contributed by atoms with Crippen molar-refractivity contribution in [1.82, 2.24) is 20.2 Å². The predicted molar refractivity (Wildman–Crippen MR) is 123 cm³/mol. The van der Waals surface area contributed by atoms with E-state index in [1.165, 1.54) is 34.4 Å². The number of anilines is 1. The third-order valence-corrected chi connectivity index (χ3v) is 7.42. The Morgan fingerprint density at radius 3 is 2.97 bits per heavy atom. The maximum atomic E-state index is 12.7. The number of nitrogens with one attached hydrogen (secondary N) is 2. The lowest BCUT2D eigenvalue weighted by Gasteiger charge is -2.03. The number of aromatic amines is 1. The van der Waals surface area contributed by atoms with E-state index in [1.54, 1.807) is 0 Å². The average Bonchev–Trinajstić information content (AvgIpc) is 3.53. The molecule has 5 rings (SSSR count). The van der Waals surface area contributed by atoms with Crippen LogP contribution in [0, 0.1) is 0 Å². The number of benzene rings is 1. The summed E-state index contributed by atoms with van der Waals surface area (Å²) >= 11 is 3.91. The monoisotopic (exact) mass is 471 g/mol. The van der Waals surface area contributed by atoms with Gasteiger partial charge in [0.1, 0.15) is 15.9 Å². The number of carbonyl (C=O) groups excluding carboxylic acids is 1. The molecule has 11 heteroatoms. The van der Waals surface area contributed by atoms with Crippen LogP contribution in [0.25, 0.3) is 21.3 Å². The van der Waals surface area contributed by atoms with Gasteiger partial charge in [-0.25, -0.2) is 4.98 Å². The maximum Gasteiger partial charge on any atom is 0.260 e. The second-order valence-corrected chi connectivity index (χ2v) is 9.68. The van der Waals surface area contributed by atoms with Gasteiger partial charge in [0.25, 0.3) is 5.56 Å². The first-order valence-corrected chi connectivity index (χ1v) is 12.3. The minimum atomic E-state index is -0.237. The third-order valence-electron chi connectivity index (χ3n) is 4.74. The van der Waals surface area contributed by atoms with Crippen molar-refractivity contribution in [2.45, 2.75) is 24.1 Å². The lowest BCUT2D eigenvalue weighted by Crippen LogP contribution is -2.15. The highest BCUT2D eigenvalue weighted by Crippen LogP contribution is 2.33. The number of nitrogens with zero attached hydrogens (tertiary/aromatic N) is 3. The Bertz CT molecular complexity index is 1280. The molecule has 4 heterocycles. The van der Waals surface area contributed by atoms with Crippen LogP contribution in [0.4, 0.5) is 5.13 Å². The molecule has 1 unspecified atom stereocenters. The van der Waals surface area contributed by atoms with Gasteiger partial charge in [0.15, 0.2) is 5.16 Å². The van der Waals surface area contributed by atoms with Crippen molar-refractivity contribution < 1.29 is 9.53 Å². The van der Waals surface area contributed by atoms with Gasteiger partial charge in [-0.15, -0.1) is 21.5 Å². The maximum absolute atomic E-state index is 12.7. The number of amides is 1. The largest absolute Gasteiger partial charge is 0.371 e. The van der Waals surface area contributed by atoms with Crippen LogP contribution in [-0.2, 0) is 9.53 Å². The molecule has 0 saturated carbocycles. The van der Waals surface area contributed by atoms with Crippen LogP contribution in [0.5, 0.6) is 0 Å². The first-order valence-electron chi connectivity index (χ1n) is 9.62. The zero-order valence-corrected chi connectivity index (χ0v) is 18.6. The minimum absolute atomic E-state index is 0.0231. The second-order valence-electron chi connectivity index (χ2n) is 6.85. The van der Waals surface area contributed by atoms with Gasteiger partial charge in [-0.2, -0.15) is 0 Å². The number of thiophene rings is 1. The normalized spacial score (nSPS) is 16.1. The molecule has 158 valence electrons. The minimum Gasteiger partial charge on any atom is -0.371 e. The van der Waals surface area contributed by atoms with Crippen molar-refractivity contribution in [1.29, 1.82) is 0 Å². The van der Waals surface area contributed by atoms with Crippen molar-refractivity contribution in [2.75, 3.05) is 17.7 Å². The highest BCUT2D eigenvalue weighted by Gasteiger charge is 2.22. The number of thioether (sulfide) groups is 1. The summed E-state index contributed by atoms with van der Waals surface area (Å²) in [7, 11) is 0. The highest BCUT2D eigenvalue weighted by molar-refractivity contribution is 7.99. The van der Waals surface area contributed by atoms with E-state index in [4.69, 9.17) is 4.74 Å². The van der Waals surface area contributed by atoms with Gasteiger partial charge < -0.3 is 9.72 Å². The Balaban J connectivity index is 1.26. The van der Waals surface area contributed by atoms with E-state index in [9.17, 15) is 9.59 Å². The Morgan fingerprint density at radius 1 is 1.29 bits per heavy atom. The molecule has 4 aromatic rings. The van der Waals surface area contributed by atoms with E-state index >= 15 is 0 Å². The predicted octanol–water partition coefficient (Wildman–Crippen LogP) is 4.09. The van der Waals surface area contributed by atoms with Crippen molar-refractivity contribution in [3.63, 3.8) is 0 Å². The number of aromatic nitrogens is 4. The van der Waals surface area contributed by atoms with Crippen LogP contribution in [0.3, 0.4) is 0 Å². The molecule has 8 nitrogen and oxygen atoms in total. The lowest BCUT2D eigenvalue weighted by molar-refractivity contribution is -0.113. The number of fused-ring (bicyclic) bond motifs is 1. The molecule has 0 aliphatic carbocycles. The lowest BCUT2D eigenvalue weighted by atomic mass is 10.1. The molecular weight excluding hydrogens is 454 g/mol. The van der Waals surface area contributed by atoms with Crippen LogP contribution in [-0.4, -0.2) is 38.4 Å². The third kappa shape index (κ3) is 4.40. The second kappa shape index (κ2) is 8.87. The first-order chi connectivity index (χ1) is 15.2. The molecule has 1 aliphatic rings. The van der Waals surface area contributed by atoms with Gasteiger partial charge in [0.2, 0.25) is 11.0 Å². The average molecular weight is 472 g/mol. The zero-order valence-electron chi connectivity index (χ0n) is 16.2. The molecule has 2 N–H and O–H groups in total. The molecule has 1 aromatic carbocycles. The van der Waals surface area contributed by atoms with Crippen LogP contribution in [0.2, 0.25) is 0 Å². The van der Waals surface area contributed by atoms with Gasteiger partial charge in [0.05, 0.1) is 11.1 Å². The molecule has 1 atom stereocenters. The number of hydrogen-bond acceptors (Lipinski definition) is 9. The van der Waals surface area contributed by atoms with E-state index < -0.39 is 0 Å². The fourth-order valence-electron chi connectivity index (χ4n) is 3.30. The fourth-order valence-corrected chi connectivity index (χ4v) is 5.81. The first kappa shape index (κ1) is 20.3. The van der Waals surface area contributed by atoms with Gasteiger partial charge in [-0.05, 0) is 18.4 Å². The van der Waals surface area contributed by atoms with E-state index in [2.05, 4.69) is 25.5 Å². The Morgan fingerprint density at radius 2 is 2.16 bits per heavy atom. The molecule has 1 amide bonds. The van der Waals surface area contributed by atoms with E-state index in [-0.39, 0.29) is 23.3 Å². The van der Waals surface area contributed by atoms with E-state index in [0.717, 1.165) is 35.6 Å². The highest BCUT2D eigenvalue weighted by atomic mass is 32.2. The molecule has 0 bridgehead atoms. The topological polar surface area (TPSA) is 110 Å². The Labute approximate surface area is 189 Å². The van der Waals surface area contributed by atoms with E-state index in [1.807, 2.05) is 35.7 Å². The van der Waals surface area contributed by atoms with Crippen molar-refractivity contribution >= 4 is 55.7 Å². The SMILES string of the molecule is O=C(CSc1nc2scc(-c3ccccc3)c2c(=O)[nH]1)Nc1nnc(C2CCCO2)s1. The van der Waals surface area contributed by atoms with Crippen molar-refractivity contribution in [2.24, 2.45) is 0 Å². The van der Waals surface area contributed by atoms with Gasteiger partial charge in [0, 0.05) is 17.6 Å². The number of ether oxygens (including phenoxy) is 1. The molecule has 0 radical (unpaired) electrons. The Kier molecular flexibility index (Phi) is 5.81. The van der Waals surface area contributed by atoms with Gasteiger partial charge >= 0.3 is 0 Å². The smallest absolute Gasteiger partial charge is 0.260 e. The molecule has 1 saturated heterocycles. The number of rotatable bonds is 6. The van der Waals surface area contributed by atoms with Gasteiger partial charge in [-0.3, -0.25) is 14.9 Å². The van der Waals surface area contributed by atoms with Crippen molar-refractivity contribution in [3.8, 4) is 11.1 Å². The fraction of sp³-hybridized carbons (Fsp3) is 0.250. The molecule has 1 fully saturated rings. The standard InChI is InChI=1S/C20H17N5O3S3/c26-14(21-20-25-24-17(31-20)13-7-4-8-28-13)10-30-19-22-16(27)15-12(9-29-18(15)23-19)11-5-2-1-3-6-11/h1-3,5-6,9,13H,4,7-8,10H2,(H,21,25,26)(H,22,23,27). The molecule has 0 spiro atoms. The van der Waals surface area contributed by atoms with Crippen molar-refractivity contribution in [3.05, 3.63) is 51.1 Å². The molecule has 1 aliphatic heterocycles. The number of hydrogen-bond donors (Lipinski definition) is 2. The van der Waals surface area contributed by atoms with Crippen LogP contribution < -0.4 is 10.9 Å². The summed E-state index contributed by atoms with van der Waals surface area (Å²) in [5.41, 5.74) is 1.63. The summed E-state index contributed by atoms with van der Waals surface area (Å²) < 4.78 is 5.59.